The van der Waals surface area contributed by atoms with Gasteiger partial charge < -0.3 is 10.5 Å². The third-order valence-corrected chi connectivity index (χ3v) is 4.84. The first-order valence-corrected chi connectivity index (χ1v) is 6.54. The van der Waals surface area contributed by atoms with E-state index < -0.39 is 0 Å². The van der Waals surface area contributed by atoms with Crippen molar-refractivity contribution in [3.63, 3.8) is 0 Å². The molecule has 16 heavy (non-hydrogen) atoms. The molecule has 2 aliphatic carbocycles. The second kappa shape index (κ2) is 3.23. The molecule has 86 valence electrons. The van der Waals surface area contributed by atoms with Crippen LogP contribution >= 0.6 is 15.9 Å². The third-order valence-electron chi connectivity index (χ3n) is 4.18. The van der Waals surface area contributed by atoms with Crippen molar-refractivity contribution in [2.75, 3.05) is 7.11 Å². The molecule has 0 saturated heterocycles. The summed E-state index contributed by atoms with van der Waals surface area (Å²) in [6.45, 7) is 0. The van der Waals surface area contributed by atoms with Crippen molar-refractivity contribution < 1.29 is 4.74 Å². The van der Waals surface area contributed by atoms with Crippen LogP contribution in [-0.4, -0.2) is 12.6 Å². The molecule has 0 unspecified atom stereocenters. The van der Waals surface area contributed by atoms with E-state index in [1.54, 1.807) is 7.11 Å². The molecule has 0 aromatic heterocycles. The van der Waals surface area contributed by atoms with Gasteiger partial charge >= 0.3 is 0 Å². The Balaban J connectivity index is 2.01. The van der Waals surface area contributed by atoms with Crippen molar-refractivity contribution in [3.8, 4) is 5.75 Å². The molecular weight excluding hydrogens is 266 g/mol. The monoisotopic (exact) mass is 281 g/mol. The fraction of sp³-hybridized carbons (Fsp3) is 0.538. The van der Waals surface area contributed by atoms with Gasteiger partial charge in [-0.15, -0.1) is 0 Å². The van der Waals surface area contributed by atoms with Gasteiger partial charge in [0.25, 0.3) is 0 Å². The largest absolute Gasteiger partial charge is 0.497 e. The minimum atomic E-state index is 0.0735. The van der Waals surface area contributed by atoms with E-state index in [1.165, 1.54) is 31.2 Å². The van der Waals surface area contributed by atoms with Crippen LogP contribution in [0, 0.1) is 0 Å². The van der Waals surface area contributed by atoms with Crippen molar-refractivity contribution in [2.45, 2.75) is 36.6 Å². The second-order valence-corrected chi connectivity index (χ2v) is 5.94. The van der Waals surface area contributed by atoms with Gasteiger partial charge in [-0.2, -0.15) is 0 Å². The number of rotatable bonds is 3. The van der Waals surface area contributed by atoms with Crippen LogP contribution < -0.4 is 10.5 Å². The zero-order chi connectivity index (χ0) is 11.4. The molecule has 0 bridgehead atoms. The van der Waals surface area contributed by atoms with E-state index in [0.717, 1.165) is 10.2 Å². The van der Waals surface area contributed by atoms with E-state index in [2.05, 4.69) is 22.0 Å². The smallest absolute Gasteiger partial charge is 0.120 e. The highest BCUT2D eigenvalue weighted by atomic mass is 79.9. The Morgan fingerprint density at radius 3 is 2.38 bits per heavy atom. The Labute approximate surface area is 104 Å². The molecule has 2 nitrogen and oxygen atoms in total. The van der Waals surface area contributed by atoms with Crippen LogP contribution in [0.3, 0.4) is 0 Å². The maximum absolute atomic E-state index is 6.41. The summed E-state index contributed by atoms with van der Waals surface area (Å²) in [6, 6.07) is 6.25. The lowest BCUT2D eigenvalue weighted by molar-refractivity contribution is 0.413. The first-order chi connectivity index (χ1) is 7.61. The van der Waals surface area contributed by atoms with E-state index in [-0.39, 0.29) is 11.0 Å². The Morgan fingerprint density at radius 2 is 1.94 bits per heavy atom. The highest BCUT2D eigenvalue weighted by molar-refractivity contribution is 9.10. The predicted molar refractivity (Wildman–Crippen MR) is 67.8 cm³/mol. The molecule has 2 aliphatic rings. The van der Waals surface area contributed by atoms with Crippen LogP contribution in [0.1, 0.15) is 31.2 Å². The Kier molecular flexibility index (Phi) is 2.14. The van der Waals surface area contributed by atoms with Crippen LogP contribution in [0.5, 0.6) is 5.75 Å². The molecule has 0 amide bonds. The molecule has 1 aromatic carbocycles. The fourth-order valence-corrected chi connectivity index (χ4v) is 3.52. The summed E-state index contributed by atoms with van der Waals surface area (Å²) >= 11 is 3.65. The summed E-state index contributed by atoms with van der Waals surface area (Å²) in [6.07, 6.45) is 4.81. The first-order valence-electron chi connectivity index (χ1n) is 5.74. The van der Waals surface area contributed by atoms with Crippen molar-refractivity contribution in [2.24, 2.45) is 5.73 Å². The SMILES string of the molecule is COc1ccc(C2(C3(N)CC3)CC2)c(Br)c1. The Hall–Kier alpha value is -0.540. The van der Waals surface area contributed by atoms with Gasteiger partial charge in [-0.25, -0.2) is 0 Å². The molecule has 2 fully saturated rings. The molecule has 0 spiro atoms. The summed E-state index contributed by atoms with van der Waals surface area (Å²) in [4.78, 5) is 0. The number of nitrogens with two attached hydrogens (primary N) is 1. The maximum atomic E-state index is 6.41. The summed E-state index contributed by atoms with van der Waals surface area (Å²) in [5, 5.41) is 0. The zero-order valence-corrected chi connectivity index (χ0v) is 11.0. The number of hydrogen-bond acceptors (Lipinski definition) is 2. The Bertz CT molecular complexity index is 436. The van der Waals surface area contributed by atoms with Crippen LogP contribution in [0.15, 0.2) is 22.7 Å². The quantitative estimate of drug-likeness (QED) is 0.925. The molecular formula is C13H16BrNO. The summed E-state index contributed by atoms with van der Waals surface area (Å²) in [5.74, 6) is 0.897. The highest BCUT2D eigenvalue weighted by Crippen LogP contribution is 2.64. The molecule has 2 N–H and O–H groups in total. The van der Waals surface area contributed by atoms with Gasteiger partial charge in [0.05, 0.1) is 7.11 Å². The maximum Gasteiger partial charge on any atom is 0.120 e. The lowest BCUT2D eigenvalue weighted by atomic mass is 9.86. The lowest BCUT2D eigenvalue weighted by Crippen LogP contribution is -2.37. The van der Waals surface area contributed by atoms with E-state index >= 15 is 0 Å². The van der Waals surface area contributed by atoms with E-state index in [0.29, 0.717) is 0 Å². The molecule has 0 atom stereocenters. The molecule has 0 radical (unpaired) electrons. The van der Waals surface area contributed by atoms with Crippen LogP contribution in [-0.2, 0) is 5.41 Å². The second-order valence-electron chi connectivity index (χ2n) is 5.08. The van der Waals surface area contributed by atoms with Gasteiger partial charge in [0.15, 0.2) is 0 Å². The highest BCUT2D eigenvalue weighted by Gasteiger charge is 2.64. The van der Waals surface area contributed by atoms with Crippen molar-refractivity contribution in [1.82, 2.24) is 0 Å². The molecule has 0 heterocycles. The number of halogens is 1. The van der Waals surface area contributed by atoms with Crippen LogP contribution in [0.4, 0.5) is 0 Å². The van der Waals surface area contributed by atoms with E-state index in [1.807, 2.05) is 12.1 Å². The molecule has 2 saturated carbocycles. The summed E-state index contributed by atoms with van der Waals surface area (Å²) in [7, 11) is 1.69. The molecule has 0 aliphatic heterocycles. The van der Waals surface area contributed by atoms with Crippen molar-refractivity contribution in [1.29, 1.82) is 0 Å². The van der Waals surface area contributed by atoms with Gasteiger partial charge in [-0.05, 0) is 43.4 Å². The van der Waals surface area contributed by atoms with E-state index in [4.69, 9.17) is 10.5 Å². The average Bonchev–Trinajstić information content (AvgIpc) is 3.14. The Morgan fingerprint density at radius 1 is 1.25 bits per heavy atom. The minimum Gasteiger partial charge on any atom is -0.497 e. The van der Waals surface area contributed by atoms with Crippen LogP contribution in [0.25, 0.3) is 0 Å². The van der Waals surface area contributed by atoms with Gasteiger partial charge in [0.2, 0.25) is 0 Å². The summed E-state index contributed by atoms with van der Waals surface area (Å²) in [5.41, 5.74) is 8.10. The van der Waals surface area contributed by atoms with E-state index in [9.17, 15) is 0 Å². The van der Waals surface area contributed by atoms with Gasteiger partial charge in [-0.3, -0.25) is 0 Å². The summed E-state index contributed by atoms with van der Waals surface area (Å²) < 4.78 is 6.36. The third kappa shape index (κ3) is 1.34. The lowest BCUT2D eigenvalue weighted by Gasteiger charge is -2.24. The number of hydrogen-bond donors (Lipinski definition) is 1. The molecule has 1 aromatic rings. The average molecular weight is 282 g/mol. The molecule has 3 rings (SSSR count). The van der Waals surface area contributed by atoms with Crippen LogP contribution in [0.2, 0.25) is 0 Å². The molecule has 3 heteroatoms. The van der Waals surface area contributed by atoms with Crippen molar-refractivity contribution >= 4 is 15.9 Å². The topological polar surface area (TPSA) is 35.2 Å². The zero-order valence-electron chi connectivity index (χ0n) is 9.42. The minimum absolute atomic E-state index is 0.0735. The van der Waals surface area contributed by atoms with Gasteiger partial charge in [0.1, 0.15) is 5.75 Å². The fourth-order valence-electron chi connectivity index (χ4n) is 2.78. The number of methoxy groups -OCH3 is 1. The van der Waals surface area contributed by atoms with Gasteiger partial charge in [-0.1, -0.05) is 22.0 Å². The standard InChI is InChI=1S/C13H16BrNO/c1-16-9-2-3-10(11(14)8-9)12(4-5-12)13(15)6-7-13/h2-3,8H,4-7,15H2,1H3. The van der Waals surface area contributed by atoms with Crippen molar-refractivity contribution in [3.05, 3.63) is 28.2 Å². The normalized spacial score (nSPS) is 23.9. The number of benzene rings is 1. The van der Waals surface area contributed by atoms with Gasteiger partial charge in [0, 0.05) is 15.4 Å². The number of ether oxygens (including phenoxy) is 1. The first kappa shape index (κ1) is 10.6. The predicted octanol–water partition coefficient (Wildman–Crippen LogP) is 2.98.